The number of hydrogen-bond donors (Lipinski definition) is 4. The van der Waals surface area contributed by atoms with E-state index in [4.69, 9.17) is 0 Å². The first-order valence-corrected chi connectivity index (χ1v) is 7.45. The van der Waals surface area contributed by atoms with Gasteiger partial charge in [-0.15, -0.1) is 0 Å². The van der Waals surface area contributed by atoms with Gasteiger partial charge in [0.1, 0.15) is 0 Å². The molecule has 21 heavy (non-hydrogen) atoms. The Morgan fingerprint density at radius 3 is 2.62 bits per heavy atom. The van der Waals surface area contributed by atoms with Crippen LogP contribution in [0.5, 0.6) is 0 Å². The number of hydrogen-bond acceptors (Lipinski definition) is 3. The Balaban J connectivity index is 1.73. The van der Waals surface area contributed by atoms with Crippen LogP contribution in [0.4, 0.5) is 0 Å². The van der Waals surface area contributed by atoms with E-state index >= 15 is 0 Å². The van der Waals surface area contributed by atoms with Gasteiger partial charge in [-0.05, 0) is 45.0 Å². The second-order valence-corrected chi connectivity index (χ2v) is 5.99. The Labute approximate surface area is 124 Å². The summed E-state index contributed by atoms with van der Waals surface area (Å²) in [5.74, 6) is 0.349. The third-order valence-corrected chi connectivity index (χ3v) is 4.44. The summed E-state index contributed by atoms with van der Waals surface area (Å²) in [6.45, 7) is 6.34. The van der Waals surface area contributed by atoms with E-state index in [1.54, 1.807) is 0 Å². The van der Waals surface area contributed by atoms with Crippen LogP contribution in [0.1, 0.15) is 31.1 Å². The SMILES string of the molecule is CC1NNC(C)C1C(C)NC(=O)c1ccc2[nH]ccc2c1. The lowest BCUT2D eigenvalue weighted by molar-refractivity contribution is 0.0923. The molecule has 2 aromatic rings. The molecule has 3 rings (SSSR count). The quantitative estimate of drug-likeness (QED) is 0.695. The minimum Gasteiger partial charge on any atom is -0.361 e. The highest BCUT2D eigenvalue weighted by Crippen LogP contribution is 2.19. The number of hydrazine groups is 1. The van der Waals surface area contributed by atoms with E-state index in [1.165, 1.54) is 0 Å². The van der Waals surface area contributed by atoms with Crippen LogP contribution in [0.2, 0.25) is 0 Å². The summed E-state index contributed by atoms with van der Waals surface area (Å²) in [6, 6.07) is 8.48. The Kier molecular flexibility index (Phi) is 3.69. The van der Waals surface area contributed by atoms with Crippen LogP contribution < -0.4 is 16.2 Å². The van der Waals surface area contributed by atoms with Gasteiger partial charge in [-0.2, -0.15) is 0 Å². The second-order valence-electron chi connectivity index (χ2n) is 5.99. The van der Waals surface area contributed by atoms with E-state index < -0.39 is 0 Å². The number of aromatic nitrogens is 1. The highest BCUT2D eigenvalue weighted by Gasteiger charge is 2.34. The second kappa shape index (κ2) is 5.50. The maximum absolute atomic E-state index is 12.4. The minimum atomic E-state index is -0.0168. The summed E-state index contributed by atoms with van der Waals surface area (Å²) < 4.78 is 0. The van der Waals surface area contributed by atoms with Crippen molar-refractivity contribution in [3.05, 3.63) is 36.0 Å². The van der Waals surface area contributed by atoms with Crippen molar-refractivity contribution in [3.63, 3.8) is 0 Å². The molecule has 1 aliphatic rings. The summed E-state index contributed by atoms with van der Waals surface area (Å²) in [5, 5.41) is 4.18. The molecule has 112 valence electrons. The first kappa shape index (κ1) is 14.1. The molecule has 5 heteroatoms. The molecule has 0 radical (unpaired) electrons. The molecule has 0 aliphatic carbocycles. The van der Waals surface area contributed by atoms with E-state index in [9.17, 15) is 4.79 Å². The fourth-order valence-corrected chi connectivity index (χ4v) is 3.34. The summed E-state index contributed by atoms with van der Waals surface area (Å²) in [5.41, 5.74) is 8.21. The van der Waals surface area contributed by atoms with Crippen molar-refractivity contribution in [2.45, 2.75) is 38.9 Å². The summed E-state index contributed by atoms with van der Waals surface area (Å²) in [6.07, 6.45) is 1.88. The van der Waals surface area contributed by atoms with E-state index in [1.807, 2.05) is 30.5 Å². The van der Waals surface area contributed by atoms with Crippen molar-refractivity contribution in [1.82, 2.24) is 21.2 Å². The Morgan fingerprint density at radius 1 is 1.19 bits per heavy atom. The number of fused-ring (bicyclic) bond motifs is 1. The van der Waals surface area contributed by atoms with Crippen molar-refractivity contribution in [2.24, 2.45) is 5.92 Å². The lowest BCUT2D eigenvalue weighted by Gasteiger charge is -2.26. The van der Waals surface area contributed by atoms with Gasteiger partial charge in [0.15, 0.2) is 0 Å². The molecule has 1 aromatic heterocycles. The molecule has 1 saturated heterocycles. The van der Waals surface area contributed by atoms with Gasteiger partial charge in [0, 0.05) is 46.7 Å². The Hall–Kier alpha value is -1.85. The van der Waals surface area contributed by atoms with Crippen molar-refractivity contribution < 1.29 is 4.79 Å². The highest BCUT2D eigenvalue weighted by molar-refractivity contribution is 5.98. The lowest BCUT2D eigenvalue weighted by atomic mass is 9.89. The standard InChI is InChI=1S/C16H22N4O/c1-9(15-10(2)19-20-11(15)3)18-16(21)13-4-5-14-12(8-13)6-7-17-14/h4-11,15,17,19-20H,1-3H3,(H,18,21). The van der Waals surface area contributed by atoms with Crippen LogP contribution in [0.25, 0.3) is 10.9 Å². The monoisotopic (exact) mass is 286 g/mol. The zero-order valence-corrected chi connectivity index (χ0v) is 12.6. The molecule has 0 spiro atoms. The molecule has 1 aromatic carbocycles. The molecule has 1 fully saturated rings. The summed E-state index contributed by atoms with van der Waals surface area (Å²) in [7, 11) is 0. The van der Waals surface area contributed by atoms with Gasteiger partial charge in [0.05, 0.1) is 0 Å². The first-order chi connectivity index (χ1) is 10.1. The number of nitrogens with one attached hydrogen (secondary N) is 4. The van der Waals surface area contributed by atoms with Crippen LogP contribution >= 0.6 is 0 Å². The van der Waals surface area contributed by atoms with Crippen molar-refractivity contribution in [3.8, 4) is 0 Å². The fraction of sp³-hybridized carbons (Fsp3) is 0.438. The van der Waals surface area contributed by atoms with Crippen LogP contribution in [0.15, 0.2) is 30.5 Å². The average Bonchev–Trinajstić information content (AvgIpc) is 3.04. The molecule has 2 heterocycles. The molecule has 0 bridgehead atoms. The molecule has 5 nitrogen and oxygen atoms in total. The van der Waals surface area contributed by atoms with Gasteiger partial charge in [0.2, 0.25) is 0 Å². The molecular weight excluding hydrogens is 264 g/mol. The summed E-state index contributed by atoms with van der Waals surface area (Å²) in [4.78, 5) is 15.6. The van der Waals surface area contributed by atoms with Gasteiger partial charge in [0.25, 0.3) is 5.91 Å². The smallest absolute Gasteiger partial charge is 0.251 e. The van der Waals surface area contributed by atoms with Crippen molar-refractivity contribution >= 4 is 16.8 Å². The number of benzene rings is 1. The predicted molar refractivity (Wildman–Crippen MR) is 83.9 cm³/mol. The molecule has 1 aliphatic heterocycles. The maximum atomic E-state index is 12.4. The average molecular weight is 286 g/mol. The zero-order chi connectivity index (χ0) is 15.0. The Morgan fingerprint density at radius 2 is 1.90 bits per heavy atom. The number of amides is 1. The molecular formula is C16H22N4O. The molecule has 3 atom stereocenters. The number of carbonyl (C=O) groups is 1. The van der Waals surface area contributed by atoms with Crippen LogP contribution in [-0.2, 0) is 0 Å². The largest absolute Gasteiger partial charge is 0.361 e. The molecule has 4 N–H and O–H groups in total. The topological polar surface area (TPSA) is 68.9 Å². The molecule has 1 amide bonds. The number of aromatic amines is 1. The highest BCUT2D eigenvalue weighted by atomic mass is 16.1. The van der Waals surface area contributed by atoms with Gasteiger partial charge in [-0.1, -0.05) is 0 Å². The normalized spacial score (nSPS) is 26.9. The van der Waals surface area contributed by atoms with Gasteiger partial charge < -0.3 is 10.3 Å². The van der Waals surface area contributed by atoms with Gasteiger partial charge in [-0.3, -0.25) is 15.6 Å². The Bertz CT molecular complexity index is 641. The fourth-order valence-electron chi connectivity index (χ4n) is 3.34. The zero-order valence-electron chi connectivity index (χ0n) is 12.6. The third-order valence-electron chi connectivity index (χ3n) is 4.44. The van der Waals surface area contributed by atoms with Crippen molar-refractivity contribution in [2.75, 3.05) is 0 Å². The minimum absolute atomic E-state index is 0.0168. The van der Waals surface area contributed by atoms with E-state index in [2.05, 4.69) is 41.9 Å². The van der Waals surface area contributed by atoms with E-state index in [0.29, 0.717) is 23.6 Å². The third kappa shape index (κ3) is 2.66. The van der Waals surface area contributed by atoms with Crippen LogP contribution in [0, 0.1) is 5.92 Å². The molecule has 0 saturated carbocycles. The predicted octanol–water partition coefficient (Wildman–Crippen LogP) is 1.79. The maximum Gasteiger partial charge on any atom is 0.251 e. The van der Waals surface area contributed by atoms with E-state index in [-0.39, 0.29) is 11.9 Å². The summed E-state index contributed by atoms with van der Waals surface area (Å²) >= 11 is 0. The van der Waals surface area contributed by atoms with Crippen LogP contribution in [0.3, 0.4) is 0 Å². The van der Waals surface area contributed by atoms with Crippen molar-refractivity contribution in [1.29, 1.82) is 0 Å². The lowest BCUT2D eigenvalue weighted by Crippen LogP contribution is -2.44. The molecule has 3 unspecified atom stereocenters. The van der Waals surface area contributed by atoms with Gasteiger partial charge >= 0.3 is 0 Å². The van der Waals surface area contributed by atoms with Gasteiger partial charge in [-0.25, -0.2) is 0 Å². The number of rotatable bonds is 3. The van der Waals surface area contributed by atoms with E-state index in [0.717, 1.165) is 10.9 Å². The van der Waals surface area contributed by atoms with Crippen LogP contribution in [-0.4, -0.2) is 29.0 Å². The number of carbonyl (C=O) groups excluding carboxylic acids is 1. The number of H-pyrrole nitrogens is 1. The first-order valence-electron chi connectivity index (χ1n) is 7.45.